The van der Waals surface area contributed by atoms with Crippen molar-refractivity contribution < 1.29 is 23.8 Å². The molecule has 2 aromatic rings. The molecule has 0 saturated heterocycles. The zero-order valence-corrected chi connectivity index (χ0v) is 15.0. The number of anilines is 1. The summed E-state index contributed by atoms with van der Waals surface area (Å²) in [6, 6.07) is 7.07. The van der Waals surface area contributed by atoms with Crippen LogP contribution in [0.25, 0.3) is 6.08 Å². The molecule has 6 nitrogen and oxygen atoms in total. The lowest BCUT2D eigenvalue weighted by atomic mass is 10.2. The summed E-state index contributed by atoms with van der Waals surface area (Å²) in [5.41, 5.74) is 1.37. The molecule has 0 unspecified atom stereocenters. The van der Waals surface area contributed by atoms with Crippen LogP contribution in [0.2, 0.25) is 0 Å². The standard InChI is InChI=1S/C18H19NO5S/c1-4-5-12-6-7-14(15(10-12)22-2)24-11-16(20)19-13-8-9-25-17(13)18(21)23-3/h4-10H,11H2,1-3H3,(H,19,20)/b5-4+. The Bertz CT molecular complexity index is 782. The van der Waals surface area contributed by atoms with Crippen LogP contribution in [0.3, 0.4) is 0 Å². The quantitative estimate of drug-likeness (QED) is 0.763. The van der Waals surface area contributed by atoms with Gasteiger partial charge in [0.05, 0.1) is 19.9 Å². The van der Waals surface area contributed by atoms with Crippen LogP contribution in [0.15, 0.2) is 35.7 Å². The molecule has 0 radical (unpaired) electrons. The van der Waals surface area contributed by atoms with Gasteiger partial charge in [-0.3, -0.25) is 4.79 Å². The molecule has 0 spiro atoms. The summed E-state index contributed by atoms with van der Waals surface area (Å²) in [6.07, 6.45) is 3.85. The summed E-state index contributed by atoms with van der Waals surface area (Å²) in [4.78, 5) is 24.0. The van der Waals surface area contributed by atoms with Crippen LogP contribution in [-0.2, 0) is 9.53 Å². The van der Waals surface area contributed by atoms with Crippen LogP contribution >= 0.6 is 11.3 Å². The number of allylic oxidation sites excluding steroid dienone is 1. The third-order valence-corrected chi connectivity index (χ3v) is 4.11. The van der Waals surface area contributed by atoms with Crippen molar-refractivity contribution >= 4 is 35.0 Å². The number of carbonyl (C=O) groups is 2. The molecule has 1 heterocycles. The lowest BCUT2D eigenvalue weighted by Crippen LogP contribution is -2.21. The number of hydrogen-bond acceptors (Lipinski definition) is 6. The topological polar surface area (TPSA) is 73.9 Å². The minimum absolute atomic E-state index is 0.213. The second-order valence-corrected chi connectivity index (χ2v) is 5.82. The Morgan fingerprint density at radius 2 is 2.00 bits per heavy atom. The van der Waals surface area contributed by atoms with E-state index in [4.69, 9.17) is 9.47 Å². The molecular weight excluding hydrogens is 342 g/mol. The fraction of sp³-hybridized carbons (Fsp3) is 0.222. The molecule has 1 N–H and O–H groups in total. The van der Waals surface area contributed by atoms with Crippen molar-refractivity contribution in [3.63, 3.8) is 0 Å². The van der Waals surface area contributed by atoms with Gasteiger partial charge in [-0.05, 0) is 36.1 Å². The van der Waals surface area contributed by atoms with Gasteiger partial charge in [0, 0.05) is 0 Å². The summed E-state index contributed by atoms with van der Waals surface area (Å²) in [7, 11) is 2.83. The van der Waals surface area contributed by atoms with Crippen molar-refractivity contribution in [2.45, 2.75) is 6.92 Å². The molecule has 0 aliphatic heterocycles. The van der Waals surface area contributed by atoms with E-state index in [1.54, 1.807) is 17.5 Å². The van der Waals surface area contributed by atoms with E-state index in [1.807, 2.05) is 31.2 Å². The number of hydrogen-bond donors (Lipinski definition) is 1. The summed E-state index contributed by atoms with van der Waals surface area (Å²) in [6.45, 7) is 1.71. The highest BCUT2D eigenvalue weighted by atomic mass is 32.1. The summed E-state index contributed by atoms with van der Waals surface area (Å²) < 4.78 is 15.5. The fourth-order valence-corrected chi connectivity index (χ4v) is 2.85. The molecule has 0 saturated carbocycles. The number of methoxy groups -OCH3 is 2. The molecule has 7 heteroatoms. The van der Waals surface area contributed by atoms with Gasteiger partial charge < -0.3 is 19.5 Å². The lowest BCUT2D eigenvalue weighted by molar-refractivity contribution is -0.118. The van der Waals surface area contributed by atoms with Crippen LogP contribution in [0.1, 0.15) is 22.2 Å². The van der Waals surface area contributed by atoms with Gasteiger partial charge >= 0.3 is 5.97 Å². The number of benzene rings is 1. The molecule has 0 aliphatic rings. The number of esters is 1. The van der Waals surface area contributed by atoms with E-state index in [1.165, 1.54) is 25.6 Å². The van der Waals surface area contributed by atoms with Gasteiger partial charge in [-0.15, -0.1) is 11.3 Å². The molecular formula is C18H19NO5S. The summed E-state index contributed by atoms with van der Waals surface area (Å²) in [5.74, 6) is 0.120. The second-order valence-electron chi connectivity index (χ2n) is 4.90. The SMILES string of the molecule is C/C=C/c1ccc(OCC(=O)Nc2ccsc2C(=O)OC)c(OC)c1. The van der Waals surface area contributed by atoms with Crippen molar-refractivity contribution in [1.29, 1.82) is 0 Å². The zero-order valence-electron chi connectivity index (χ0n) is 14.2. The summed E-state index contributed by atoms with van der Waals surface area (Å²) in [5, 5.41) is 4.34. The predicted octanol–water partition coefficient (Wildman–Crippen LogP) is 3.59. The average molecular weight is 361 g/mol. The predicted molar refractivity (Wildman–Crippen MR) is 97.5 cm³/mol. The monoisotopic (exact) mass is 361 g/mol. The molecule has 2 rings (SSSR count). The molecule has 1 aromatic heterocycles. The maximum Gasteiger partial charge on any atom is 0.350 e. The maximum atomic E-state index is 12.1. The van der Waals surface area contributed by atoms with Crippen LogP contribution in [-0.4, -0.2) is 32.7 Å². The first-order chi connectivity index (χ1) is 12.1. The third-order valence-electron chi connectivity index (χ3n) is 3.22. The molecule has 132 valence electrons. The molecule has 0 aliphatic carbocycles. The van der Waals surface area contributed by atoms with Crippen molar-refractivity contribution in [2.75, 3.05) is 26.1 Å². The fourth-order valence-electron chi connectivity index (χ4n) is 2.09. The molecule has 1 amide bonds. The minimum Gasteiger partial charge on any atom is -0.493 e. The van der Waals surface area contributed by atoms with Gasteiger partial charge in [0.25, 0.3) is 5.91 Å². The number of ether oxygens (including phenoxy) is 3. The van der Waals surface area contributed by atoms with E-state index in [-0.39, 0.29) is 12.5 Å². The van der Waals surface area contributed by atoms with Gasteiger partial charge in [0.1, 0.15) is 4.88 Å². The molecule has 0 fully saturated rings. The first-order valence-corrected chi connectivity index (χ1v) is 8.36. The van der Waals surface area contributed by atoms with E-state index >= 15 is 0 Å². The number of rotatable bonds is 7. The van der Waals surface area contributed by atoms with E-state index in [9.17, 15) is 9.59 Å². The van der Waals surface area contributed by atoms with E-state index in [0.29, 0.717) is 22.1 Å². The van der Waals surface area contributed by atoms with Gasteiger partial charge in [-0.25, -0.2) is 4.79 Å². The zero-order chi connectivity index (χ0) is 18.2. The van der Waals surface area contributed by atoms with E-state index in [0.717, 1.165) is 5.56 Å². The maximum absolute atomic E-state index is 12.1. The first-order valence-electron chi connectivity index (χ1n) is 7.48. The van der Waals surface area contributed by atoms with Crippen molar-refractivity contribution in [1.82, 2.24) is 0 Å². The van der Waals surface area contributed by atoms with Crippen LogP contribution < -0.4 is 14.8 Å². The number of nitrogens with one attached hydrogen (secondary N) is 1. The largest absolute Gasteiger partial charge is 0.493 e. The average Bonchev–Trinajstić information content (AvgIpc) is 3.08. The number of thiophene rings is 1. The van der Waals surface area contributed by atoms with Crippen LogP contribution in [0, 0.1) is 0 Å². The van der Waals surface area contributed by atoms with E-state index in [2.05, 4.69) is 10.1 Å². The number of amides is 1. The highest BCUT2D eigenvalue weighted by molar-refractivity contribution is 7.12. The molecule has 0 atom stereocenters. The smallest absolute Gasteiger partial charge is 0.350 e. The van der Waals surface area contributed by atoms with Crippen LogP contribution in [0.5, 0.6) is 11.5 Å². The minimum atomic E-state index is -0.493. The molecule has 0 bridgehead atoms. The Balaban J connectivity index is 2.01. The Labute approximate surface area is 150 Å². The van der Waals surface area contributed by atoms with Gasteiger partial charge in [-0.2, -0.15) is 0 Å². The number of carbonyl (C=O) groups excluding carboxylic acids is 2. The highest BCUT2D eigenvalue weighted by Gasteiger charge is 2.16. The van der Waals surface area contributed by atoms with E-state index < -0.39 is 5.97 Å². The van der Waals surface area contributed by atoms with Crippen molar-refractivity contribution in [3.05, 3.63) is 46.2 Å². The van der Waals surface area contributed by atoms with Gasteiger partial charge in [-0.1, -0.05) is 18.2 Å². The summed E-state index contributed by atoms with van der Waals surface area (Å²) >= 11 is 1.19. The van der Waals surface area contributed by atoms with Gasteiger partial charge in [0.2, 0.25) is 0 Å². The second kappa shape index (κ2) is 8.89. The first kappa shape index (κ1) is 18.5. The Hall–Kier alpha value is -2.80. The lowest BCUT2D eigenvalue weighted by Gasteiger charge is -2.11. The van der Waals surface area contributed by atoms with Crippen molar-refractivity contribution in [2.24, 2.45) is 0 Å². The Morgan fingerprint density at radius 1 is 1.20 bits per heavy atom. The molecule has 25 heavy (non-hydrogen) atoms. The van der Waals surface area contributed by atoms with Crippen LogP contribution in [0.4, 0.5) is 5.69 Å². The Morgan fingerprint density at radius 3 is 2.68 bits per heavy atom. The third kappa shape index (κ3) is 4.84. The highest BCUT2D eigenvalue weighted by Crippen LogP contribution is 2.29. The molecule has 1 aromatic carbocycles. The normalized spacial score (nSPS) is 10.5. The van der Waals surface area contributed by atoms with Gasteiger partial charge in [0.15, 0.2) is 18.1 Å². The Kier molecular flexibility index (Phi) is 6.59. The van der Waals surface area contributed by atoms with Crippen molar-refractivity contribution in [3.8, 4) is 11.5 Å².